The Hall–Kier alpha value is -1.41. The molecule has 8 heteroatoms. The molecule has 1 saturated carbocycles. The third kappa shape index (κ3) is 3.35. The van der Waals surface area contributed by atoms with Crippen molar-refractivity contribution in [2.45, 2.75) is 37.6 Å². The first-order chi connectivity index (χ1) is 11.5. The molecule has 1 saturated heterocycles. The molecule has 0 amide bonds. The molecule has 2 heterocycles. The molecule has 1 aliphatic heterocycles. The second-order valence-corrected chi connectivity index (χ2v) is 6.43. The Morgan fingerprint density at radius 2 is 1.54 bits per heavy atom. The fraction of sp³-hybridized carbons (Fsp3) is 0.688. The second-order valence-electron chi connectivity index (χ2n) is 6.43. The van der Waals surface area contributed by atoms with Crippen molar-refractivity contribution in [1.29, 1.82) is 0 Å². The van der Waals surface area contributed by atoms with E-state index in [0.29, 0.717) is 13.2 Å². The second kappa shape index (κ2) is 7.23. The van der Waals surface area contributed by atoms with Crippen LogP contribution in [0.5, 0.6) is 0 Å². The van der Waals surface area contributed by atoms with Gasteiger partial charge in [-0.25, -0.2) is 0 Å². The number of aromatic nitrogens is 1. The highest BCUT2D eigenvalue weighted by Gasteiger charge is 2.39. The average Bonchev–Trinajstić information content (AvgIpc) is 2.61. The number of pyridine rings is 1. The highest BCUT2D eigenvalue weighted by molar-refractivity contribution is 5.45. The molecule has 1 aliphatic carbocycles. The van der Waals surface area contributed by atoms with Gasteiger partial charge in [-0.2, -0.15) is 22.5 Å². The van der Waals surface area contributed by atoms with Crippen molar-refractivity contribution in [3.8, 4) is 0 Å². The molecular weight excluding hydrogens is 326 g/mol. The molecule has 2 aliphatic rings. The maximum Gasteiger partial charge on any atom is 0.253 e. The van der Waals surface area contributed by atoms with Gasteiger partial charge < -0.3 is 10.1 Å². The van der Waals surface area contributed by atoms with E-state index in [2.05, 4.69) is 15.2 Å². The lowest BCUT2D eigenvalue weighted by molar-refractivity contribution is -0.0319. The number of hydrogen-bond donors (Lipinski definition) is 1. The van der Waals surface area contributed by atoms with Crippen molar-refractivity contribution in [3.63, 3.8) is 0 Å². The Bertz CT molecular complexity index is 561. The van der Waals surface area contributed by atoms with Crippen LogP contribution >= 0.6 is 0 Å². The topological polar surface area (TPSA) is 37.4 Å². The molecule has 0 unspecified atom stereocenters. The summed E-state index contributed by atoms with van der Waals surface area (Å²) in [5, 5.41) is 2.62. The van der Waals surface area contributed by atoms with Crippen LogP contribution in [0.3, 0.4) is 0 Å². The molecule has 1 aromatic rings. The molecule has 0 radical (unpaired) electrons. The summed E-state index contributed by atoms with van der Waals surface area (Å²) in [6.07, 6.45) is 4.90. The minimum absolute atomic E-state index is 0.226. The maximum atomic E-state index is 13.8. The van der Waals surface area contributed by atoms with Crippen molar-refractivity contribution >= 4 is 5.69 Å². The third-order valence-electron chi connectivity index (χ3n) is 5.06. The van der Waals surface area contributed by atoms with Crippen molar-refractivity contribution < 1.29 is 22.3 Å². The van der Waals surface area contributed by atoms with Gasteiger partial charge in [0.15, 0.2) is 0 Å². The monoisotopic (exact) mass is 347 g/mol. The molecule has 24 heavy (non-hydrogen) atoms. The van der Waals surface area contributed by atoms with E-state index in [9.17, 15) is 17.6 Å². The number of hydrogen-bond acceptors (Lipinski definition) is 4. The van der Waals surface area contributed by atoms with Crippen LogP contribution in [-0.4, -0.2) is 48.3 Å². The highest BCUT2D eigenvalue weighted by atomic mass is 19.2. The van der Waals surface area contributed by atoms with Gasteiger partial charge in [0.1, 0.15) is 5.69 Å². The van der Waals surface area contributed by atoms with E-state index in [4.69, 9.17) is 4.74 Å². The Morgan fingerprint density at radius 1 is 0.958 bits per heavy atom. The standard InChI is InChI=1S/C16H21F4N3O/c17-11-13(12(18)15(20)22-14(11)19)21-10-16(4-2-1-3-5-16)23-6-8-24-9-7-23/h1-10H2,(H,21,22). The molecule has 3 rings (SSSR count). The summed E-state index contributed by atoms with van der Waals surface area (Å²) in [6, 6.07) is 0. The van der Waals surface area contributed by atoms with Gasteiger partial charge in [0, 0.05) is 25.2 Å². The van der Waals surface area contributed by atoms with Crippen LogP contribution in [0.25, 0.3) is 0 Å². The first-order valence-corrected chi connectivity index (χ1v) is 8.30. The molecule has 0 aromatic carbocycles. The van der Waals surface area contributed by atoms with Gasteiger partial charge >= 0.3 is 0 Å². The third-order valence-corrected chi connectivity index (χ3v) is 5.06. The molecule has 1 N–H and O–H groups in total. The van der Waals surface area contributed by atoms with Crippen molar-refractivity contribution in [2.24, 2.45) is 0 Å². The number of anilines is 1. The Kier molecular flexibility index (Phi) is 5.24. The van der Waals surface area contributed by atoms with E-state index in [1.807, 2.05) is 0 Å². The summed E-state index contributed by atoms with van der Waals surface area (Å²) in [5.74, 6) is -6.25. The summed E-state index contributed by atoms with van der Waals surface area (Å²) < 4.78 is 59.6. The quantitative estimate of drug-likeness (QED) is 0.671. The lowest BCUT2D eigenvalue weighted by Gasteiger charge is -2.48. The molecule has 134 valence electrons. The zero-order valence-electron chi connectivity index (χ0n) is 13.4. The predicted molar refractivity (Wildman–Crippen MR) is 80.8 cm³/mol. The molecular formula is C16H21F4N3O. The van der Waals surface area contributed by atoms with E-state index in [1.54, 1.807) is 0 Å². The Balaban J connectivity index is 1.81. The normalized spacial score (nSPS) is 21.7. The molecule has 0 spiro atoms. The molecule has 1 aromatic heterocycles. The Morgan fingerprint density at radius 3 is 2.12 bits per heavy atom. The fourth-order valence-electron chi connectivity index (χ4n) is 3.75. The number of ether oxygens (including phenoxy) is 1. The van der Waals surface area contributed by atoms with E-state index in [1.165, 1.54) is 0 Å². The number of halogens is 4. The van der Waals surface area contributed by atoms with Crippen LogP contribution in [0.1, 0.15) is 32.1 Å². The lowest BCUT2D eigenvalue weighted by Crippen LogP contribution is -2.58. The van der Waals surface area contributed by atoms with Gasteiger partial charge in [0.25, 0.3) is 11.9 Å². The van der Waals surface area contributed by atoms with E-state index in [0.717, 1.165) is 45.2 Å². The summed E-state index contributed by atoms with van der Waals surface area (Å²) in [6.45, 7) is 2.94. The van der Waals surface area contributed by atoms with Gasteiger partial charge in [-0.05, 0) is 12.8 Å². The van der Waals surface area contributed by atoms with Gasteiger partial charge in [-0.1, -0.05) is 19.3 Å². The van der Waals surface area contributed by atoms with Gasteiger partial charge in [0.05, 0.1) is 13.2 Å². The molecule has 2 fully saturated rings. The molecule has 4 nitrogen and oxygen atoms in total. The zero-order valence-corrected chi connectivity index (χ0v) is 13.4. The molecule has 0 atom stereocenters. The number of rotatable bonds is 4. The van der Waals surface area contributed by atoms with Crippen LogP contribution < -0.4 is 5.32 Å². The number of morpholine rings is 1. The van der Waals surface area contributed by atoms with Crippen LogP contribution in [-0.2, 0) is 4.74 Å². The van der Waals surface area contributed by atoms with E-state index < -0.39 is 29.2 Å². The summed E-state index contributed by atoms with van der Waals surface area (Å²) >= 11 is 0. The first-order valence-electron chi connectivity index (χ1n) is 8.30. The molecule has 0 bridgehead atoms. The smallest absolute Gasteiger partial charge is 0.253 e. The first kappa shape index (κ1) is 17.4. The van der Waals surface area contributed by atoms with E-state index >= 15 is 0 Å². The van der Waals surface area contributed by atoms with Crippen molar-refractivity contribution in [1.82, 2.24) is 9.88 Å². The van der Waals surface area contributed by atoms with Crippen molar-refractivity contribution in [3.05, 3.63) is 23.5 Å². The number of nitrogens with zero attached hydrogens (tertiary/aromatic N) is 2. The van der Waals surface area contributed by atoms with Gasteiger partial charge in [-0.15, -0.1) is 0 Å². The average molecular weight is 347 g/mol. The van der Waals surface area contributed by atoms with Gasteiger partial charge in [0.2, 0.25) is 11.6 Å². The predicted octanol–water partition coefficient (Wildman–Crippen LogP) is 3.09. The Labute approximate surface area is 138 Å². The van der Waals surface area contributed by atoms with Crippen molar-refractivity contribution in [2.75, 3.05) is 38.2 Å². The fourth-order valence-corrected chi connectivity index (χ4v) is 3.75. The van der Waals surface area contributed by atoms with Gasteiger partial charge in [-0.3, -0.25) is 4.90 Å². The maximum absolute atomic E-state index is 13.8. The lowest BCUT2D eigenvalue weighted by atomic mass is 9.79. The summed E-state index contributed by atoms with van der Waals surface area (Å²) in [7, 11) is 0. The number of nitrogens with one attached hydrogen (secondary N) is 1. The SMILES string of the molecule is Fc1nc(F)c(F)c(NCC2(N3CCOCC3)CCCCC2)c1F. The van der Waals surface area contributed by atoms with Crippen LogP contribution in [0.4, 0.5) is 23.2 Å². The summed E-state index contributed by atoms with van der Waals surface area (Å²) in [4.78, 5) is 4.86. The highest BCUT2D eigenvalue weighted by Crippen LogP contribution is 2.35. The largest absolute Gasteiger partial charge is 0.379 e. The minimum atomic E-state index is -1.64. The zero-order chi connectivity index (χ0) is 17.2. The van der Waals surface area contributed by atoms with Crippen LogP contribution in [0.2, 0.25) is 0 Å². The van der Waals surface area contributed by atoms with Crippen LogP contribution in [0.15, 0.2) is 0 Å². The van der Waals surface area contributed by atoms with E-state index in [-0.39, 0.29) is 12.1 Å². The minimum Gasteiger partial charge on any atom is -0.379 e. The van der Waals surface area contributed by atoms with Crippen LogP contribution in [0, 0.1) is 23.5 Å². The summed E-state index contributed by atoms with van der Waals surface area (Å²) in [5.41, 5.74) is -1.06.